The first-order chi connectivity index (χ1) is 10.7. The van der Waals surface area contributed by atoms with E-state index in [4.69, 9.17) is 9.84 Å². The predicted molar refractivity (Wildman–Crippen MR) is 86.9 cm³/mol. The zero-order valence-electron chi connectivity index (χ0n) is 12.7. The first kappa shape index (κ1) is 16.0. The van der Waals surface area contributed by atoms with E-state index in [1.807, 2.05) is 43.3 Å². The number of aryl methyl sites for hydroxylation is 1. The molecule has 0 aliphatic heterocycles. The van der Waals surface area contributed by atoms with E-state index < -0.39 is 0 Å². The quantitative estimate of drug-likeness (QED) is 0.771. The monoisotopic (exact) mass is 299 g/mol. The lowest BCUT2D eigenvalue weighted by Gasteiger charge is -2.09. The third kappa shape index (κ3) is 4.90. The Bertz CT molecular complexity index is 625. The van der Waals surface area contributed by atoms with Crippen LogP contribution in [-0.4, -0.2) is 17.6 Å². The molecule has 0 bridgehead atoms. The number of ether oxygens (including phenoxy) is 1. The van der Waals surface area contributed by atoms with E-state index in [1.54, 1.807) is 12.1 Å². The van der Waals surface area contributed by atoms with Crippen LogP contribution < -0.4 is 10.1 Å². The molecule has 0 heterocycles. The van der Waals surface area contributed by atoms with Crippen LogP contribution in [0.2, 0.25) is 0 Å². The summed E-state index contributed by atoms with van der Waals surface area (Å²) in [5.41, 5.74) is 2.57. The first-order valence-electron chi connectivity index (χ1n) is 7.37. The second kappa shape index (κ2) is 8.20. The van der Waals surface area contributed by atoms with E-state index >= 15 is 0 Å². The first-order valence-corrected chi connectivity index (χ1v) is 7.37. The highest BCUT2D eigenvalue weighted by molar-refractivity contribution is 5.90. The summed E-state index contributed by atoms with van der Waals surface area (Å²) < 4.78 is 5.66. The van der Waals surface area contributed by atoms with Crippen LogP contribution in [-0.2, 0) is 11.4 Å². The Morgan fingerprint density at radius 1 is 1.18 bits per heavy atom. The molecular weight excluding hydrogens is 278 g/mol. The summed E-state index contributed by atoms with van der Waals surface area (Å²) in [6.07, 6.45) is 1.05. The van der Waals surface area contributed by atoms with Gasteiger partial charge in [-0.3, -0.25) is 4.79 Å². The fourth-order valence-corrected chi connectivity index (χ4v) is 2.10. The fourth-order valence-electron chi connectivity index (χ4n) is 2.10. The number of nitrogens with one attached hydrogen (secondary N) is 1. The van der Waals surface area contributed by atoms with Crippen molar-refractivity contribution in [1.29, 1.82) is 0 Å². The molecule has 2 aromatic rings. The van der Waals surface area contributed by atoms with Gasteiger partial charge < -0.3 is 15.2 Å². The highest BCUT2D eigenvalue weighted by Gasteiger charge is 2.04. The van der Waals surface area contributed by atoms with Crippen molar-refractivity contribution >= 4 is 11.6 Å². The lowest BCUT2D eigenvalue weighted by Crippen LogP contribution is -2.13. The molecule has 1 amide bonds. The van der Waals surface area contributed by atoms with Crippen molar-refractivity contribution < 1.29 is 14.6 Å². The lowest BCUT2D eigenvalue weighted by atomic mass is 10.2. The van der Waals surface area contributed by atoms with Gasteiger partial charge in [-0.2, -0.15) is 0 Å². The number of hydrogen-bond donors (Lipinski definition) is 2. The molecule has 4 nitrogen and oxygen atoms in total. The molecule has 0 saturated heterocycles. The largest absolute Gasteiger partial charge is 0.493 e. The summed E-state index contributed by atoms with van der Waals surface area (Å²) in [7, 11) is 0. The van der Waals surface area contributed by atoms with Gasteiger partial charge in [0.05, 0.1) is 13.2 Å². The Kier molecular flexibility index (Phi) is 5.98. The van der Waals surface area contributed by atoms with Gasteiger partial charge in [-0.1, -0.05) is 30.3 Å². The van der Waals surface area contributed by atoms with Crippen LogP contribution in [0.4, 0.5) is 5.69 Å². The molecule has 2 N–H and O–H groups in total. The van der Waals surface area contributed by atoms with Gasteiger partial charge in [0.25, 0.3) is 0 Å². The standard InChI is InChI=1S/C18H21NO3/c1-14-6-2-3-9-17(14)22-11-5-10-18(21)19-16-8-4-7-15(12-16)13-20/h2-4,6-9,12,20H,5,10-11,13H2,1H3,(H,19,21). The van der Waals surface area contributed by atoms with Crippen molar-refractivity contribution in [3.8, 4) is 5.75 Å². The molecule has 0 spiro atoms. The predicted octanol–water partition coefficient (Wildman–Crippen LogP) is 3.29. The third-order valence-corrected chi connectivity index (χ3v) is 3.29. The van der Waals surface area contributed by atoms with Crippen LogP contribution in [0.1, 0.15) is 24.0 Å². The number of carbonyl (C=O) groups excluding carboxylic acids is 1. The molecule has 0 aliphatic carbocycles. The average molecular weight is 299 g/mol. The van der Waals surface area contributed by atoms with Crippen molar-refractivity contribution in [2.45, 2.75) is 26.4 Å². The van der Waals surface area contributed by atoms with Crippen LogP contribution in [0, 0.1) is 6.92 Å². The Hall–Kier alpha value is -2.33. The maximum absolute atomic E-state index is 11.9. The second-order valence-corrected chi connectivity index (χ2v) is 5.12. The van der Waals surface area contributed by atoms with Gasteiger partial charge in [0.1, 0.15) is 5.75 Å². The summed E-state index contributed by atoms with van der Waals surface area (Å²) in [6.45, 7) is 2.47. The number of benzene rings is 2. The van der Waals surface area contributed by atoms with Crippen LogP contribution >= 0.6 is 0 Å². The molecule has 4 heteroatoms. The van der Waals surface area contributed by atoms with Crippen molar-refractivity contribution in [2.75, 3.05) is 11.9 Å². The molecule has 0 fully saturated rings. The summed E-state index contributed by atoms with van der Waals surface area (Å²) in [5.74, 6) is 0.807. The molecule has 0 aromatic heterocycles. The normalized spacial score (nSPS) is 10.3. The van der Waals surface area contributed by atoms with E-state index in [-0.39, 0.29) is 12.5 Å². The number of rotatable bonds is 7. The summed E-state index contributed by atoms with van der Waals surface area (Å²) in [6, 6.07) is 15.0. The van der Waals surface area contributed by atoms with Gasteiger partial charge >= 0.3 is 0 Å². The van der Waals surface area contributed by atoms with Gasteiger partial charge in [0.2, 0.25) is 5.91 Å². The van der Waals surface area contributed by atoms with Crippen molar-refractivity contribution in [1.82, 2.24) is 0 Å². The summed E-state index contributed by atoms with van der Waals surface area (Å²) in [5, 5.41) is 11.9. The minimum absolute atomic E-state index is 0.0338. The van der Waals surface area contributed by atoms with E-state index in [1.165, 1.54) is 0 Å². The molecule has 0 saturated carbocycles. The van der Waals surface area contributed by atoms with Crippen molar-refractivity contribution in [3.05, 3.63) is 59.7 Å². The fraction of sp³-hybridized carbons (Fsp3) is 0.278. The van der Waals surface area contributed by atoms with Crippen molar-refractivity contribution in [2.24, 2.45) is 0 Å². The molecule has 22 heavy (non-hydrogen) atoms. The Morgan fingerprint density at radius 3 is 2.77 bits per heavy atom. The molecule has 0 atom stereocenters. The summed E-state index contributed by atoms with van der Waals surface area (Å²) >= 11 is 0. The zero-order valence-corrected chi connectivity index (χ0v) is 12.7. The van der Waals surface area contributed by atoms with Crippen LogP contribution in [0.15, 0.2) is 48.5 Å². The minimum atomic E-state index is -0.0523. The smallest absolute Gasteiger partial charge is 0.224 e. The SMILES string of the molecule is Cc1ccccc1OCCCC(=O)Nc1cccc(CO)c1. The highest BCUT2D eigenvalue weighted by Crippen LogP contribution is 2.16. The number of para-hydroxylation sites is 1. The average Bonchev–Trinajstić information content (AvgIpc) is 2.53. The number of anilines is 1. The van der Waals surface area contributed by atoms with E-state index in [0.29, 0.717) is 25.1 Å². The molecule has 2 aromatic carbocycles. The molecule has 0 radical (unpaired) electrons. The topological polar surface area (TPSA) is 58.6 Å². The van der Waals surface area contributed by atoms with Crippen LogP contribution in [0.25, 0.3) is 0 Å². The van der Waals surface area contributed by atoms with Gasteiger partial charge in [-0.05, 0) is 42.7 Å². The number of aliphatic hydroxyl groups excluding tert-OH is 1. The van der Waals surface area contributed by atoms with Crippen LogP contribution in [0.5, 0.6) is 5.75 Å². The minimum Gasteiger partial charge on any atom is -0.493 e. The lowest BCUT2D eigenvalue weighted by molar-refractivity contribution is -0.116. The molecular formula is C18H21NO3. The van der Waals surface area contributed by atoms with Gasteiger partial charge in [-0.15, -0.1) is 0 Å². The number of hydrogen-bond acceptors (Lipinski definition) is 3. The molecule has 0 unspecified atom stereocenters. The van der Waals surface area contributed by atoms with E-state index in [2.05, 4.69) is 5.32 Å². The maximum atomic E-state index is 11.9. The van der Waals surface area contributed by atoms with E-state index in [0.717, 1.165) is 16.9 Å². The molecule has 0 aliphatic rings. The molecule has 116 valence electrons. The Morgan fingerprint density at radius 2 is 2.00 bits per heavy atom. The second-order valence-electron chi connectivity index (χ2n) is 5.12. The Balaban J connectivity index is 1.73. The number of carbonyl (C=O) groups is 1. The van der Waals surface area contributed by atoms with E-state index in [9.17, 15) is 4.79 Å². The number of amides is 1. The van der Waals surface area contributed by atoms with Gasteiger partial charge in [0, 0.05) is 12.1 Å². The Labute approximate surface area is 130 Å². The van der Waals surface area contributed by atoms with Crippen molar-refractivity contribution in [3.63, 3.8) is 0 Å². The van der Waals surface area contributed by atoms with Crippen LogP contribution in [0.3, 0.4) is 0 Å². The third-order valence-electron chi connectivity index (χ3n) is 3.29. The highest BCUT2D eigenvalue weighted by atomic mass is 16.5. The van der Waals surface area contributed by atoms with Gasteiger partial charge in [0.15, 0.2) is 0 Å². The summed E-state index contributed by atoms with van der Waals surface area (Å²) in [4.78, 5) is 11.9. The van der Waals surface area contributed by atoms with Gasteiger partial charge in [-0.25, -0.2) is 0 Å². The zero-order chi connectivity index (χ0) is 15.8. The molecule has 2 rings (SSSR count). The maximum Gasteiger partial charge on any atom is 0.224 e. The number of aliphatic hydroxyl groups is 1.